The number of benzene rings is 1. The number of hydrogen-bond acceptors (Lipinski definition) is 1. The quantitative estimate of drug-likeness (QED) is 0.819. The van der Waals surface area contributed by atoms with Crippen molar-refractivity contribution >= 4 is 0 Å². The third-order valence-corrected chi connectivity index (χ3v) is 2.41. The van der Waals surface area contributed by atoms with E-state index in [9.17, 15) is 18.0 Å². The highest BCUT2D eigenvalue weighted by Gasteiger charge is 2.30. The first-order valence-electron chi connectivity index (χ1n) is 4.84. The zero-order valence-corrected chi connectivity index (χ0v) is 8.88. The van der Waals surface area contributed by atoms with Crippen LogP contribution in [-0.2, 0) is 6.18 Å². The summed E-state index contributed by atoms with van der Waals surface area (Å²) < 4.78 is 38.3. The molecule has 2 aromatic rings. The van der Waals surface area contributed by atoms with Crippen molar-refractivity contribution < 1.29 is 13.2 Å². The fourth-order valence-electron chi connectivity index (χ4n) is 1.58. The van der Waals surface area contributed by atoms with E-state index >= 15 is 0 Å². The van der Waals surface area contributed by atoms with Crippen molar-refractivity contribution in [2.45, 2.75) is 13.1 Å². The lowest BCUT2D eigenvalue weighted by Gasteiger charge is -2.08. The van der Waals surface area contributed by atoms with E-state index in [1.165, 1.54) is 22.9 Å². The van der Waals surface area contributed by atoms with Gasteiger partial charge in [-0.15, -0.1) is 0 Å². The Balaban J connectivity index is 2.47. The highest BCUT2D eigenvalue weighted by Crippen LogP contribution is 2.29. The molecule has 3 nitrogen and oxygen atoms in total. The maximum atomic E-state index is 12.3. The molecule has 0 atom stereocenters. The van der Waals surface area contributed by atoms with E-state index < -0.39 is 11.7 Å². The Bertz CT molecular complexity index is 578. The van der Waals surface area contributed by atoms with Crippen molar-refractivity contribution in [1.29, 1.82) is 0 Å². The highest BCUT2D eigenvalue weighted by molar-refractivity contribution is 5.36. The van der Waals surface area contributed by atoms with Crippen LogP contribution in [0.15, 0.2) is 35.3 Å². The van der Waals surface area contributed by atoms with Crippen molar-refractivity contribution in [2.24, 2.45) is 0 Å². The Kier molecular flexibility index (Phi) is 2.57. The monoisotopic (exact) mass is 242 g/mol. The Morgan fingerprint density at radius 1 is 1.18 bits per heavy atom. The van der Waals surface area contributed by atoms with E-state index in [1.54, 1.807) is 6.92 Å². The number of H-pyrrole nitrogens is 1. The molecule has 1 heterocycles. The van der Waals surface area contributed by atoms with Crippen LogP contribution in [0.4, 0.5) is 13.2 Å². The van der Waals surface area contributed by atoms with Crippen LogP contribution in [0.1, 0.15) is 11.3 Å². The molecule has 2 rings (SSSR count). The van der Waals surface area contributed by atoms with Crippen LogP contribution < -0.4 is 5.69 Å². The molecular weight excluding hydrogens is 233 g/mol. The number of imidazole rings is 1. The highest BCUT2D eigenvalue weighted by atomic mass is 19.4. The predicted octanol–water partition coefficient (Wildman–Crippen LogP) is 2.49. The number of nitrogens with one attached hydrogen (secondary N) is 1. The Morgan fingerprint density at radius 3 is 2.18 bits per heavy atom. The minimum absolute atomic E-state index is 0.373. The summed E-state index contributed by atoms with van der Waals surface area (Å²) in [4.78, 5) is 13.9. The van der Waals surface area contributed by atoms with E-state index in [0.717, 1.165) is 12.1 Å². The molecule has 0 saturated heterocycles. The first-order valence-corrected chi connectivity index (χ1v) is 4.84. The van der Waals surface area contributed by atoms with Gasteiger partial charge in [-0.2, -0.15) is 13.2 Å². The molecule has 0 unspecified atom stereocenters. The summed E-state index contributed by atoms with van der Waals surface area (Å²) in [7, 11) is 0. The molecule has 1 aromatic carbocycles. The smallest absolute Gasteiger partial charge is 0.312 e. The van der Waals surface area contributed by atoms with Crippen LogP contribution in [0.5, 0.6) is 0 Å². The molecule has 0 amide bonds. The Morgan fingerprint density at radius 2 is 1.76 bits per heavy atom. The fourth-order valence-corrected chi connectivity index (χ4v) is 1.58. The van der Waals surface area contributed by atoms with E-state index in [2.05, 4.69) is 4.98 Å². The van der Waals surface area contributed by atoms with Crippen molar-refractivity contribution in [2.75, 3.05) is 0 Å². The molecule has 17 heavy (non-hydrogen) atoms. The lowest BCUT2D eigenvalue weighted by atomic mass is 10.2. The Labute approximate surface area is 94.5 Å². The zero-order valence-electron chi connectivity index (χ0n) is 8.88. The summed E-state index contributed by atoms with van der Waals surface area (Å²) >= 11 is 0. The summed E-state index contributed by atoms with van der Waals surface area (Å²) in [5, 5.41) is 0. The van der Waals surface area contributed by atoms with Gasteiger partial charge in [0.25, 0.3) is 0 Å². The average molecular weight is 242 g/mol. The minimum atomic E-state index is -4.36. The largest absolute Gasteiger partial charge is 0.416 e. The molecule has 0 aliphatic heterocycles. The van der Waals surface area contributed by atoms with Gasteiger partial charge in [0.05, 0.1) is 11.3 Å². The van der Waals surface area contributed by atoms with Gasteiger partial charge in [-0.25, -0.2) is 4.79 Å². The van der Waals surface area contributed by atoms with E-state index in [-0.39, 0.29) is 5.69 Å². The van der Waals surface area contributed by atoms with E-state index in [0.29, 0.717) is 11.4 Å². The van der Waals surface area contributed by atoms with Crippen LogP contribution >= 0.6 is 0 Å². The van der Waals surface area contributed by atoms with Gasteiger partial charge in [-0.05, 0) is 31.2 Å². The van der Waals surface area contributed by atoms with Crippen molar-refractivity contribution in [1.82, 2.24) is 9.55 Å². The number of aryl methyl sites for hydroxylation is 1. The van der Waals surface area contributed by atoms with Crippen LogP contribution in [-0.4, -0.2) is 9.55 Å². The number of halogens is 3. The predicted molar refractivity (Wildman–Crippen MR) is 56.1 cm³/mol. The number of nitrogens with zero attached hydrogens (tertiary/aromatic N) is 1. The van der Waals surface area contributed by atoms with Crippen molar-refractivity contribution in [3.63, 3.8) is 0 Å². The van der Waals surface area contributed by atoms with Gasteiger partial charge in [0.1, 0.15) is 0 Å². The summed E-state index contributed by atoms with van der Waals surface area (Å²) in [6.45, 7) is 1.69. The molecule has 0 saturated carbocycles. The molecular formula is C11H9F3N2O. The topological polar surface area (TPSA) is 37.8 Å². The van der Waals surface area contributed by atoms with E-state index in [1.807, 2.05) is 0 Å². The fraction of sp³-hybridized carbons (Fsp3) is 0.182. The van der Waals surface area contributed by atoms with Gasteiger partial charge in [-0.1, -0.05) is 0 Å². The first-order chi connectivity index (χ1) is 7.89. The maximum Gasteiger partial charge on any atom is 0.416 e. The molecule has 0 bridgehead atoms. The van der Waals surface area contributed by atoms with Crippen molar-refractivity contribution in [3.8, 4) is 5.69 Å². The second-order valence-corrected chi connectivity index (χ2v) is 3.62. The molecule has 0 fully saturated rings. The summed E-state index contributed by atoms with van der Waals surface area (Å²) in [5.74, 6) is 0. The van der Waals surface area contributed by atoms with Crippen LogP contribution in [0.25, 0.3) is 5.69 Å². The van der Waals surface area contributed by atoms with Gasteiger partial charge >= 0.3 is 11.9 Å². The Hall–Kier alpha value is -1.98. The third kappa shape index (κ3) is 2.11. The standard InChI is InChI=1S/C11H9F3N2O/c1-7-6-15-10(17)16(7)9-4-2-8(3-5-9)11(12,13)14/h2-6H,1H3,(H,15,17). The summed E-state index contributed by atoms with van der Waals surface area (Å²) in [6, 6.07) is 4.44. The number of hydrogen-bond donors (Lipinski definition) is 1. The summed E-state index contributed by atoms with van der Waals surface area (Å²) in [5.41, 5.74) is -0.0683. The van der Waals surface area contributed by atoms with Gasteiger partial charge < -0.3 is 4.98 Å². The normalized spacial score (nSPS) is 11.8. The van der Waals surface area contributed by atoms with Crippen LogP contribution in [0.2, 0.25) is 0 Å². The number of aromatic nitrogens is 2. The molecule has 1 N–H and O–H groups in total. The molecule has 1 aromatic heterocycles. The van der Waals surface area contributed by atoms with Crippen molar-refractivity contribution in [3.05, 3.63) is 52.2 Å². The minimum Gasteiger partial charge on any atom is -0.312 e. The van der Waals surface area contributed by atoms with Gasteiger partial charge in [0.2, 0.25) is 0 Å². The summed E-state index contributed by atoms with van der Waals surface area (Å²) in [6.07, 6.45) is -2.86. The second-order valence-electron chi connectivity index (χ2n) is 3.62. The van der Waals surface area contributed by atoms with Gasteiger partial charge in [0, 0.05) is 11.9 Å². The van der Waals surface area contributed by atoms with Gasteiger partial charge in [0.15, 0.2) is 0 Å². The first kappa shape index (κ1) is 11.5. The van der Waals surface area contributed by atoms with Crippen LogP contribution in [0.3, 0.4) is 0 Å². The lowest BCUT2D eigenvalue weighted by molar-refractivity contribution is -0.137. The average Bonchev–Trinajstić information content (AvgIpc) is 2.58. The molecule has 90 valence electrons. The number of rotatable bonds is 1. The van der Waals surface area contributed by atoms with E-state index in [4.69, 9.17) is 0 Å². The van der Waals surface area contributed by atoms with Gasteiger partial charge in [-0.3, -0.25) is 4.57 Å². The lowest BCUT2D eigenvalue weighted by Crippen LogP contribution is -2.16. The van der Waals surface area contributed by atoms with Crippen LogP contribution in [0, 0.1) is 6.92 Å². The molecule has 0 aliphatic rings. The molecule has 0 radical (unpaired) electrons. The molecule has 0 aliphatic carbocycles. The second kappa shape index (κ2) is 3.80. The third-order valence-electron chi connectivity index (χ3n) is 2.41. The molecule has 6 heteroatoms. The number of aromatic amines is 1. The zero-order chi connectivity index (χ0) is 12.6. The molecule has 0 spiro atoms. The number of alkyl halides is 3. The SMILES string of the molecule is Cc1c[nH]c(=O)n1-c1ccc(C(F)(F)F)cc1. The maximum absolute atomic E-state index is 12.3.